The lowest BCUT2D eigenvalue weighted by atomic mass is 9.98. The third-order valence-electron chi connectivity index (χ3n) is 3.25. The molecule has 0 bridgehead atoms. The van der Waals surface area contributed by atoms with Crippen molar-refractivity contribution in [2.75, 3.05) is 7.05 Å². The summed E-state index contributed by atoms with van der Waals surface area (Å²) in [5.74, 6) is 0. The Kier molecular flexibility index (Phi) is 4.81. The monoisotopic (exact) mass is 279 g/mol. The number of halogens is 1. The molecular weight excluding hydrogens is 262 g/mol. The maximum Gasteiger partial charge on any atom is 0.0482 e. The second kappa shape index (κ2) is 6.37. The first-order chi connectivity index (χ1) is 8.72. The molecule has 2 rings (SSSR count). The summed E-state index contributed by atoms with van der Waals surface area (Å²) in [6.07, 6.45) is 2.15. The Labute approximate surface area is 118 Å². The van der Waals surface area contributed by atoms with E-state index in [1.807, 2.05) is 7.05 Å². The Morgan fingerprint density at radius 2 is 2.17 bits per heavy atom. The number of benzene rings is 1. The van der Waals surface area contributed by atoms with Crippen LogP contribution >= 0.6 is 22.9 Å². The quantitative estimate of drug-likeness (QED) is 0.843. The zero-order valence-corrected chi connectivity index (χ0v) is 12.3. The van der Waals surface area contributed by atoms with Crippen LogP contribution in [-0.4, -0.2) is 7.05 Å². The summed E-state index contributed by atoms with van der Waals surface area (Å²) in [6.45, 7) is 2.05. The van der Waals surface area contributed by atoms with Crippen LogP contribution in [0.1, 0.15) is 29.2 Å². The van der Waals surface area contributed by atoms with Crippen LogP contribution in [0.5, 0.6) is 0 Å². The van der Waals surface area contributed by atoms with Crippen LogP contribution < -0.4 is 5.32 Å². The van der Waals surface area contributed by atoms with E-state index in [9.17, 15) is 0 Å². The molecule has 1 N–H and O–H groups in total. The fourth-order valence-electron chi connectivity index (χ4n) is 2.14. The van der Waals surface area contributed by atoms with Crippen molar-refractivity contribution in [1.82, 2.24) is 5.32 Å². The van der Waals surface area contributed by atoms with Gasteiger partial charge in [-0.25, -0.2) is 0 Å². The van der Waals surface area contributed by atoms with Gasteiger partial charge in [0.1, 0.15) is 0 Å². The van der Waals surface area contributed by atoms with E-state index in [0.29, 0.717) is 6.04 Å². The number of hydrogen-bond acceptors (Lipinski definition) is 2. The molecule has 3 heteroatoms. The summed E-state index contributed by atoms with van der Waals surface area (Å²) < 4.78 is 0. The highest BCUT2D eigenvalue weighted by Crippen LogP contribution is 2.28. The van der Waals surface area contributed by atoms with Gasteiger partial charge in [0.2, 0.25) is 0 Å². The van der Waals surface area contributed by atoms with Gasteiger partial charge in [-0.1, -0.05) is 29.8 Å². The first-order valence-corrected chi connectivity index (χ1v) is 7.48. The van der Waals surface area contributed by atoms with Crippen LogP contribution in [0.15, 0.2) is 35.0 Å². The highest BCUT2D eigenvalue weighted by atomic mass is 35.5. The van der Waals surface area contributed by atoms with Gasteiger partial charge in [0.05, 0.1) is 0 Å². The molecule has 0 saturated heterocycles. The molecule has 18 heavy (non-hydrogen) atoms. The van der Waals surface area contributed by atoms with Crippen LogP contribution in [-0.2, 0) is 6.42 Å². The van der Waals surface area contributed by atoms with E-state index >= 15 is 0 Å². The Morgan fingerprint density at radius 1 is 1.33 bits per heavy atom. The van der Waals surface area contributed by atoms with E-state index in [4.69, 9.17) is 11.6 Å². The molecule has 0 fully saturated rings. The van der Waals surface area contributed by atoms with E-state index < -0.39 is 0 Å². The van der Waals surface area contributed by atoms with Crippen molar-refractivity contribution in [2.45, 2.75) is 25.8 Å². The van der Waals surface area contributed by atoms with Crippen molar-refractivity contribution >= 4 is 22.9 Å². The number of aryl methyl sites for hydroxylation is 2. The highest BCUT2D eigenvalue weighted by Gasteiger charge is 2.13. The van der Waals surface area contributed by atoms with Gasteiger partial charge in [-0.3, -0.25) is 0 Å². The van der Waals surface area contributed by atoms with Crippen LogP contribution in [0.25, 0.3) is 0 Å². The zero-order chi connectivity index (χ0) is 13.0. The van der Waals surface area contributed by atoms with Crippen molar-refractivity contribution in [3.8, 4) is 0 Å². The second-order valence-corrected chi connectivity index (χ2v) is 5.65. The summed E-state index contributed by atoms with van der Waals surface area (Å²) >= 11 is 8.14. The molecule has 0 saturated carbocycles. The minimum Gasteiger partial charge on any atom is -0.313 e. The van der Waals surface area contributed by atoms with Crippen LogP contribution in [0.3, 0.4) is 0 Å². The predicted octanol–water partition coefficient (Wildman–Crippen LogP) is 4.60. The molecule has 0 radical (unpaired) electrons. The molecule has 1 unspecified atom stereocenters. The smallest absolute Gasteiger partial charge is 0.0482 e. The summed E-state index contributed by atoms with van der Waals surface area (Å²) in [4.78, 5) is 0. The average Bonchev–Trinajstić information content (AvgIpc) is 2.88. The van der Waals surface area contributed by atoms with E-state index in [1.165, 1.54) is 11.1 Å². The molecular formula is C15H18ClNS. The fourth-order valence-corrected chi connectivity index (χ4v) is 3.10. The summed E-state index contributed by atoms with van der Waals surface area (Å²) in [6, 6.07) is 8.75. The van der Waals surface area contributed by atoms with Gasteiger partial charge >= 0.3 is 0 Å². The lowest BCUT2D eigenvalue weighted by Crippen LogP contribution is -2.17. The van der Waals surface area contributed by atoms with Crippen LogP contribution in [0.2, 0.25) is 5.02 Å². The zero-order valence-electron chi connectivity index (χ0n) is 10.7. The topological polar surface area (TPSA) is 12.0 Å². The van der Waals surface area contributed by atoms with Gasteiger partial charge in [-0.05, 0) is 60.3 Å². The molecule has 0 aliphatic heterocycles. The molecule has 1 aromatic carbocycles. The van der Waals surface area contributed by atoms with Crippen molar-refractivity contribution in [2.24, 2.45) is 0 Å². The molecule has 1 heterocycles. The van der Waals surface area contributed by atoms with Gasteiger partial charge in [0.25, 0.3) is 0 Å². The normalized spacial score (nSPS) is 12.6. The van der Waals surface area contributed by atoms with E-state index in [-0.39, 0.29) is 0 Å². The van der Waals surface area contributed by atoms with E-state index in [1.54, 1.807) is 11.3 Å². The standard InChI is InChI=1S/C15H18ClNS/c1-11-4-3-5-13(15(11)16)14(17-2)7-6-12-8-9-18-10-12/h3-5,8-10,14,17H,6-7H2,1-2H3. The van der Waals surface area contributed by atoms with Gasteiger partial charge in [0, 0.05) is 11.1 Å². The molecule has 1 atom stereocenters. The SMILES string of the molecule is CNC(CCc1ccsc1)c1cccc(C)c1Cl. The maximum absolute atomic E-state index is 6.39. The first kappa shape index (κ1) is 13.6. The molecule has 0 aliphatic carbocycles. The lowest BCUT2D eigenvalue weighted by Gasteiger charge is -2.18. The molecule has 0 amide bonds. The minimum absolute atomic E-state index is 0.317. The summed E-state index contributed by atoms with van der Waals surface area (Å²) in [5, 5.41) is 8.60. The third-order valence-corrected chi connectivity index (χ3v) is 4.50. The fraction of sp³-hybridized carbons (Fsp3) is 0.333. The highest BCUT2D eigenvalue weighted by molar-refractivity contribution is 7.07. The lowest BCUT2D eigenvalue weighted by molar-refractivity contribution is 0.549. The molecule has 1 nitrogen and oxygen atoms in total. The van der Waals surface area contributed by atoms with Gasteiger partial charge in [0.15, 0.2) is 0 Å². The second-order valence-electron chi connectivity index (χ2n) is 4.49. The Morgan fingerprint density at radius 3 is 2.83 bits per heavy atom. The number of hydrogen-bond donors (Lipinski definition) is 1. The van der Waals surface area contributed by atoms with Crippen molar-refractivity contribution in [3.05, 3.63) is 56.7 Å². The molecule has 0 aliphatic rings. The van der Waals surface area contributed by atoms with Crippen LogP contribution in [0, 0.1) is 6.92 Å². The molecule has 0 spiro atoms. The minimum atomic E-state index is 0.317. The van der Waals surface area contributed by atoms with Gasteiger partial charge in [-0.2, -0.15) is 11.3 Å². The first-order valence-electron chi connectivity index (χ1n) is 6.15. The third kappa shape index (κ3) is 3.14. The molecule has 1 aromatic heterocycles. The van der Waals surface area contributed by atoms with E-state index in [2.05, 4.69) is 47.3 Å². The van der Waals surface area contributed by atoms with Crippen molar-refractivity contribution in [3.63, 3.8) is 0 Å². The van der Waals surface area contributed by atoms with Crippen molar-refractivity contribution in [1.29, 1.82) is 0 Å². The van der Waals surface area contributed by atoms with E-state index in [0.717, 1.165) is 23.4 Å². The Hall–Kier alpha value is -0.830. The molecule has 2 aromatic rings. The van der Waals surface area contributed by atoms with Crippen molar-refractivity contribution < 1.29 is 0 Å². The van der Waals surface area contributed by atoms with Gasteiger partial charge < -0.3 is 5.32 Å². The molecule has 96 valence electrons. The predicted molar refractivity (Wildman–Crippen MR) is 80.6 cm³/mol. The summed E-state index contributed by atoms with van der Waals surface area (Å²) in [5.41, 5.74) is 3.75. The largest absolute Gasteiger partial charge is 0.313 e. The number of nitrogens with one attached hydrogen (secondary N) is 1. The number of thiophene rings is 1. The Balaban J connectivity index is 2.10. The average molecular weight is 280 g/mol. The van der Waals surface area contributed by atoms with Crippen LogP contribution in [0.4, 0.5) is 0 Å². The summed E-state index contributed by atoms with van der Waals surface area (Å²) in [7, 11) is 2.00. The van der Waals surface area contributed by atoms with Gasteiger partial charge in [-0.15, -0.1) is 0 Å². The maximum atomic E-state index is 6.39. The number of rotatable bonds is 5. The Bertz CT molecular complexity index is 493.